The van der Waals surface area contributed by atoms with Crippen LogP contribution in [0.15, 0.2) is 11.3 Å². The van der Waals surface area contributed by atoms with Crippen molar-refractivity contribution >= 4 is 37.6 Å². The summed E-state index contributed by atoms with van der Waals surface area (Å²) in [5, 5.41) is -0.995. The summed E-state index contributed by atoms with van der Waals surface area (Å²) < 4.78 is 34.8. The third-order valence-corrected chi connectivity index (χ3v) is 5.94. The van der Waals surface area contributed by atoms with Crippen LogP contribution in [0.4, 0.5) is 0 Å². The van der Waals surface area contributed by atoms with Crippen LogP contribution in [0.5, 0.6) is 0 Å². The number of halogens is 1. The Labute approximate surface area is 137 Å². The average molecular weight is 396 g/mol. The first-order chi connectivity index (χ1) is 10.0. The normalized spacial score (nSPS) is 27.3. The van der Waals surface area contributed by atoms with Gasteiger partial charge in [-0.05, 0) is 26.3 Å². The number of carbonyl (C=O) groups is 2. The van der Waals surface area contributed by atoms with Gasteiger partial charge in [0, 0.05) is 12.4 Å². The molecular formula is C13H18BrNO6S. The van der Waals surface area contributed by atoms with Crippen LogP contribution in [-0.4, -0.2) is 60.5 Å². The monoisotopic (exact) mass is 395 g/mol. The van der Waals surface area contributed by atoms with Crippen LogP contribution in [0.1, 0.15) is 20.8 Å². The highest BCUT2D eigenvalue weighted by Crippen LogP contribution is 2.39. The standard InChI is InChI=1S/C13H18BrNO6S/c1-13(2,3)21-12(17)8-7(5-14)6-22(18,19)11-9(20-4)10(16)15(8)11/h9,11H,5-6H2,1-4H3/t9-,11?/m0/s1. The number of methoxy groups -OCH3 is 1. The Morgan fingerprint density at radius 2 is 2.00 bits per heavy atom. The lowest BCUT2D eigenvalue weighted by atomic mass is 10.1. The number of hydrogen-bond donors (Lipinski definition) is 0. The minimum absolute atomic E-state index is 0.00456. The van der Waals surface area contributed by atoms with Gasteiger partial charge in [-0.2, -0.15) is 0 Å². The zero-order chi connectivity index (χ0) is 16.9. The fourth-order valence-corrected chi connectivity index (χ4v) is 5.24. The summed E-state index contributed by atoms with van der Waals surface area (Å²) >= 11 is 3.18. The van der Waals surface area contributed by atoms with Gasteiger partial charge in [-0.25, -0.2) is 13.2 Å². The van der Waals surface area contributed by atoms with E-state index in [0.717, 1.165) is 4.90 Å². The molecule has 0 aromatic rings. The maximum absolute atomic E-state index is 12.4. The van der Waals surface area contributed by atoms with Gasteiger partial charge in [0.15, 0.2) is 21.3 Å². The fourth-order valence-electron chi connectivity index (χ4n) is 2.48. The third-order valence-electron chi connectivity index (χ3n) is 3.32. The van der Waals surface area contributed by atoms with Crippen LogP contribution in [-0.2, 0) is 28.9 Å². The van der Waals surface area contributed by atoms with Crippen molar-refractivity contribution in [3.05, 3.63) is 11.3 Å². The molecule has 0 aromatic heterocycles. The van der Waals surface area contributed by atoms with E-state index in [2.05, 4.69) is 15.9 Å². The van der Waals surface area contributed by atoms with Crippen LogP contribution in [0.3, 0.4) is 0 Å². The van der Waals surface area contributed by atoms with Gasteiger partial charge in [0.1, 0.15) is 11.3 Å². The summed E-state index contributed by atoms with van der Waals surface area (Å²) in [5.41, 5.74) is -0.430. The Balaban J connectivity index is 2.48. The number of nitrogens with zero attached hydrogens (tertiary/aromatic N) is 1. The molecule has 0 bridgehead atoms. The van der Waals surface area contributed by atoms with E-state index in [1.165, 1.54) is 7.11 Å². The van der Waals surface area contributed by atoms with E-state index in [1.54, 1.807) is 20.8 Å². The van der Waals surface area contributed by atoms with Gasteiger partial charge in [-0.1, -0.05) is 15.9 Å². The number of hydrogen-bond acceptors (Lipinski definition) is 6. The van der Waals surface area contributed by atoms with Crippen molar-refractivity contribution in [2.75, 3.05) is 18.2 Å². The van der Waals surface area contributed by atoms with Crippen molar-refractivity contribution in [3.8, 4) is 0 Å². The highest BCUT2D eigenvalue weighted by Gasteiger charge is 2.60. The molecule has 1 saturated heterocycles. The summed E-state index contributed by atoms with van der Waals surface area (Å²) in [5.74, 6) is -1.55. The van der Waals surface area contributed by atoms with Gasteiger partial charge in [-0.3, -0.25) is 9.69 Å². The van der Waals surface area contributed by atoms with E-state index in [1.807, 2.05) is 0 Å². The molecule has 2 aliphatic rings. The Morgan fingerprint density at radius 1 is 1.41 bits per heavy atom. The van der Waals surface area contributed by atoms with Gasteiger partial charge in [0.2, 0.25) is 0 Å². The zero-order valence-corrected chi connectivity index (χ0v) is 15.2. The predicted molar refractivity (Wildman–Crippen MR) is 81.9 cm³/mol. The summed E-state index contributed by atoms with van der Waals surface area (Å²) in [6.45, 7) is 5.10. The lowest BCUT2D eigenvalue weighted by Crippen LogP contribution is -2.70. The molecule has 0 saturated carbocycles. The lowest BCUT2D eigenvalue weighted by Gasteiger charge is -2.48. The van der Waals surface area contributed by atoms with E-state index in [4.69, 9.17) is 9.47 Å². The summed E-state index contributed by atoms with van der Waals surface area (Å²) in [4.78, 5) is 25.5. The second-order valence-electron chi connectivity index (χ2n) is 6.15. The minimum Gasteiger partial charge on any atom is -0.455 e. The molecule has 1 fully saturated rings. The Bertz CT molecular complexity index is 648. The van der Waals surface area contributed by atoms with Gasteiger partial charge in [0.05, 0.1) is 5.75 Å². The SMILES string of the molecule is CO[C@H]1C(=O)N2C(C(=O)OC(C)(C)C)=C(CBr)CS(=O)(=O)C12. The molecule has 0 N–H and O–H groups in total. The fraction of sp³-hybridized carbons (Fsp3) is 0.692. The summed E-state index contributed by atoms with van der Waals surface area (Å²) in [6.07, 6.45) is -1.07. The number of sulfone groups is 1. The molecule has 2 aliphatic heterocycles. The van der Waals surface area contributed by atoms with Crippen LogP contribution < -0.4 is 0 Å². The first-order valence-corrected chi connectivity index (χ1v) is 9.46. The number of alkyl halides is 1. The maximum atomic E-state index is 12.4. The van der Waals surface area contributed by atoms with E-state index in [-0.39, 0.29) is 16.8 Å². The van der Waals surface area contributed by atoms with E-state index in [0.29, 0.717) is 5.57 Å². The first kappa shape index (κ1) is 17.4. The molecule has 124 valence electrons. The molecule has 0 spiro atoms. The number of fused-ring (bicyclic) bond motifs is 1. The molecular weight excluding hydrogens is 378 g/mol. The van der Waals surface area contributed by atoms with Crippen molar-refractivity contribution in [1.82, 2.24) is 4.90 Å². The van der Waals surface area contributed by atoms with E-state index >= 15 is 0 Å². The van der Waals surface area contributed by atoms with Crippen molar-refractivity contribution in [2.24, 2.45) is 0 Å². The van der Waals surface area contributed by atoms with E-state index < -0.39 is 38.8 Å². The average Bonchev–Trinajstić information content (AvgIpc) is 2.36. The van der Waals surface area contributed by atoms with E-state index in [9.17, 15) is 18.0 Å². The highest BCUT2D eigenvalue weighted by molar-refractivity contribution is 9.09. The predicted octanol–water partition coefficient (Wildman–Crippen LogP) is 0.589. The second kappa shape index (κ2) is 5.61. The van der Waals surface area contributed by atoms with Crippen molar-refractivity contribution in [3.63, 3.8) is 0 Å². The van der Waals surface area contributed by atoms with Gasteiger partial charge >= 0.3 is 5.97 Å². The molecule has 9 heteroatoms. The first-order valence-electron chi connectivity index (χ1n) is 6.62. The highest BCUT2D eigenvalue weighted by atomic mass is 79.9. The number of β-lactam (4-membered cyclic amide) rings is 1. The van der Waals surface area contributed by atoms with Gasteiger partial charge in [-0.15, -0.1) is 0 Å². The van der Waals surface area contributed by atoms with Gasteiger partial charge < -0.3 is 9.47 Å². The molecule has 0 aliphatic carbocycles. The maximum Gasteiger partial charge on any atom is 0.355 e. The molecule has 2 rings (SSSR count). The van der Waals surface area contributed by atoms with Crippen molar-refractivity contribution in [1.29, 1.82) is 0 Å². The smallest absolute Gasteiger partial charge is 0.355 e. The van der Waals surface area contributed by atoms with Crippen LogP contribution in [0.2, 0.25) is 0 Å². The molecule has 1 unspecified atom stereocenters. The zero-order valence-electron chi connectivity index (χ0n) is 12.8. The Kier molecular flexibility index (Phi) is 4.44. The third kappa shape index (κ3) is 2.81. The molecule has 7 nitrogen and oxygen atoms in total. The number of carbonyl (C=O) groups excluding carboxylic acids is 2. The summed E-state index contributed by atoms with van der Waals surface area (Å²) in [6, 6.07) is 0. The van der Waals surface area contributed by atoms with Crippen LogP contribution in [0, 0.1) is 0 Å². The topological polar surface area (TPSA) is 90.0 Å². The molecule has 22 heavy (non-hydrogen) atoms. The molecule has 0 aromatic carbocycles. The van der Waals surface area contributed by atoms with Crippen LogP contribution >= 0.6 is 15.9 Å². The number of rotatable bonds is 3. The molecule has 2 heterocycles. The number of esters is 1. The minimum atomic E-state index is -3.60. The molecule has 2 atom stereocenters. The summed E-state index contributed by atoms with van der Waals surface area (Å²) in [7, 11) is -2.33. The largest absolute Gasteiger partial charge is 0.455 e. The number of amides is 1. The van der Waals surface area contributed by atoms with Crippen molar-refractivity contribution < 1.29 is 27.5 Å². The van der Waals surface area contributed by atoms with Gasteiger partial charge in [0.25, 0.3) is 5.91 Å². The Hall–Kier alpha value is -0.930. The Morgan fingerprint density at radius 3 is 2.45 bits per heavy atom. The molecule has 0 radical (unpaired) electrons. The number of ether oxygens (including phenoxy) is 2. The molecule has 1 amide bonds. The van der Waals surface area contributed by atoms with Crippen molar-refractivity contribution in [2.45, 2.75) is 37.9 Å². The second-order valence-corrected chi connectivity index (χ2v) is 8.81. The lowest BCUT2D eigenvalue weighted by molar-refractivity contribution is -0.167. The van der Waals surface area contributed by atoms with Crippen LogP contribution in [0.25, 0.3) is 0 Å². The quantitative estimate of drug-likeness (QED) is 0.394.